The molecule has 3 rings (SSSR count). The molecule has 212 valence electrons. The predicted molar refractivity (Wildman–Crippen MR) is 117 cm³/mol. The van der Waals surface area contributed by atoms with Crippen molar-refractivity contribution < 1.29 is 68.9 Å². The number of methoxy groups -OCH3 is 2. The second-order valence-electron chi connectivity index (χ2n) is 9.60. The van der Waals surface area contributed by atoms with Crippen molar-refractivity contribution in [2.24, 2.45) is 11.8 Å². The molecule has 3 aliphatic rings. The van der Waals surface area contributed by atoms with E-state index in [-0.39, 0.29) is 13.2 Å². The van der Waals surface area contributed by atoms with Crippen LogP contribution in [0.4, 0.5) is 0 Å². The van der Waals surface area contributed by atoms with Crippen molar-refractivity contribution in [3.63, 3.8) is 0 Å². The zero-order valence-electron chi connectivity index (χ0n) is 20.8. The summed E-state index contributed by atoms with van der Waals surface area (Å²) in [6, 6.07) is 0. The molecule has 0 aliphatic carbocycles. The molecule has 0 bridgehead atoms. The van der Waals surface area contributed by atoms with E-state index in [4.69, 9.17) is 33.2 Å². The van der Waals surface area contributed by atoms with Crippen molar-refractivity contribution in [3.8, 4) is 0 Å². The number of hydrogen-bond donors (Lipinski definition) is 7. The molecule has 0 aromatic rings. The lowest BCUT2D eigenvalue weighted by Crippen LogP contribution is -2.63. The highest BCUT2D eigenvalue weighted by atomic mass is 16.7. The van der Waals surface area contributed by atoms with Crippen molar-refractivity contribution in [1.29, 1.82) is 0 Å². The molecule has 0 aromatic carbocycles. The molecular weight excluding hydrogens is 488 g/mol. The lowest BCUT2D eigenvalue weighted by molar-refractivity contribution is -0.356. The third kappa shape index (κ3) is 6.18. The molecule has 3 fully saturated rings. The van der Waals surface area contributed by atoms with Crippen molar-refractivity contribution in [3.05, 3.63) is 0 Å². The van der Waals surface area contributed by atoms with Crippen LogP contribution in [0, 0.1) is 11.8 Å². The maximum atomic E-state index is 10.8. The zero-order chi connectivity index (χ0) is 26.7. The molecule has 3 aliphatic heterocycles. The number of rotatable bonds is 9. The van der Waals surface area contributed by atoms with Gasteiger partial charge in [0.2, 0.25) is 0 Å². The van der Waals surface area contributed by atoms with Crippen molar-refractivity contribution in [1.82, 2.24) is 0 Å². The summed E-state index contributed by atoms with van der Waals surface area (Å²) < 4.78 is 38.8. The van der Waals surface area contributed by atoms with Gasteiger partial charge >= 0.3 is 0 Å². The Morgan fingerprint density at radius 1 is 0.611 bits per heavy atom. The van der Waals surface area contributed by atoms with Crippen LogP contribution in [-0.2, 0) is 33.2 Å². The highest BCUT2D eigenvalue weighted by molar-refractivity contribution is 4.93. The molecule has 0 amide bonds. The standard InChI is InChI=1S/C22H40O14/c1-8-13(24)14(25)12(34-20(8)31-4)7-32-21-9(2)19(16(27)10(5-23)33-21)36-22-18(29)17(28)15(26)11(35-22)6-30-3/h8-29H,5-7H2,1-4H3/t8?,9-,10?,11?,12?,13+,14+,15-,16-,17?,18-,19?,20-,21+,22-/m0/s1. The van der Waals surface area contributed by atoms with Gasteiger partial charge in [-0.3, -0.25) is 0 Å². The van der Waals surface area contributed by atoms with Crippen LogP contribution in [-0.4, -0.2) is 150 Å². The number of aliphatic hydroxyl groups is 7. The molecule has 3 saturated heterocycles. The monoisotopic (exact) mass is 528 g/mol. The van der Waals surface area contributed by atoms with Gasteiger partial charge in [0.1, 0.15) is 48.8 Å². The quantitative estimate of drug-likeness (QED) is 0.154. The summed E-state index contributed by atoms with van der Waals surface area (Å²) in [5.74, 6) is -1.18. The van der Waals surface area contributed by atoms with Gasteiger partial charge in [0.15, 0.2) is 18.9 Å². The summed E-state index contributed by atoms with van der Waals surface area (Å²) in [6.45, 7) is 2.42. The Labute approximate surface area is 209 Å². The van der Waals surface area contributed by atoms with Crippen molar-refractivity contribution in [2.75, 3.05) is 34.0 Å². The lowest BCUT2D eigenvalue weighted by Gasteiger charge is -2.47. The summed E-state index contributed by atoms with van der Waals surface area (Å²) in [4.78, 5) is 0. The predicted octanol–water partition coefficient (Wildman–Crippen LogP) is -3.71. The molecule has 7 N–H and O–H groups in total. The van der Waals surface area contributed by atoms with Crippen molar-refractivity contribution >= 4 is 0 Å². The molecule has 15 atom stereocenters. The Bertz CT molecular complexity index is 669. The van der Waals surface area contributed by atoms with E-state index in [1.165, 1.54) is 14.2 Å². The first kappa shape index (κ1) is 30.0. The fraction of sp³-hybridized carbons (Fsp3) is 1.00. The van der Waals surface area contributed by atoms with Gasteiger partial charge < -0.3 is 68.9 Å². The maximum Gasteiger partial charge on any atom is 0.187 e. The van der Waals surface area contributed by atoms with E-state index in [0.29, 0.717) is 0 Å². The molecule has 0 radical (unpaired) electrons. The SMILES string of the molecule is COCC1O[C@@H](OC2[C@@H](O)C(CO)O[C@@H](OCC3O[C@H](OC)C(C)[C@@H](O)[C@@H]3O)[C@H]2C)[C@@H](O)C(O)[C@H]1O. The fourth-order valence-corrected chi connectivity index (χ4v) is 4.75. The molecule has 14 nitrogen and oxygen atoms in total. The van der Waals surface area contributed by atoms with E-state index in [2.05, 4.69) is 0 Å². The minimum atomic E-state index is -1.64. The maximum absolute atomic E-state index is 10.8. The van der Waals surface area contributed by atoms with Crippen molar-refractivity contribution in [2.45, 2.75) is 93.8 Å². The molecule has 3 heterocycles. The molecule has 14 heteroatoms. The number of ether oxygens (including phenoxy) is 7. The van der Waals surface area contributed by atoms with E-state index in [1.54, 1.807) is 13.8 Å². The van der Waals surface area contributed by atoms with Crippen LogP contribution in [0.3, 0.4) is 0 Å². The largest absolute Gasteiger partial charge is 0.394 e. The molecule has 0 spiro atoms. The van der Waals surface area contributed by atoms with Gasteiger partial charge in [-0.1, -0.05) is 13.8 Å². The summed E-state index contributed by atoms with van der Waals surface area (Å²) in [5.41, 5.74) is 0. The summed E-state index contributed by atoms with van der Waals surface area (Å²) in [7, 11) is 2.79. The third-order valence-corrected chi connectivity index (χ3v) is 7.11. The van der Waals surface area contributed by atoms with Crippen LogP contribution in [0.2, 0.25) is 0 Å². The Balaban J connectivity index is 1.69. The Morgan fingerprint density at radius 3 is 1.81 bits per heavy atom. The topological polar surface area (TPSA) is 206 Å². The fourth-order valence-electron chi connectivity index (χ4n) is 4.75. The highest BCUT2D eigenvalue weighted by Gasteiger charge is 2.50. The van der Waals surface area contributed by atoms with Gasteiger partial charge in [0.05, 0.1) is 32.0 Å². The number of hydrogen-bond acceptors (Lipinski definition) is 14. The van der Waals surface area contributed by atoms with Crippen LogP contribution in [0.5, 0.6) is 0 Å². The molecule has 6 unspecified atom stereocenters. The van der Waals surface area contributed by atoms with Gasteiger partial charge in [-0.15, -0.1) is 0 Å². The van der Waals surface area contributed by atoms with Gasteiger partial charge in [-0.2, -0.15) is 0 Å². The Kier molecular flexibility index (Phi) is 10.8. The van der Waals surface area contributed by atoms with E-state index in [0.717, 1.165) is 0 Å². The zero-order valence-corrected chi connectivity index (χ0v) is 20.8. The van der Waals surface area contributed by atoms with E-state index in [9.17, 15) is 35.7 Å². The third-order valence-electron chi connectivity index (χ3n) is 7.11. The van der Waals surface area contributed by atoms with Crippen LogP contribution < -0.4 is 0 Å². The van der Waals surface area contributed by atoms with Crippen LogP contribution in [0.15, 0.2) is 0 Å². The lowest BCUT2D eigenvalue weighted by atomic mass is 9.91. The van der Waals surface area contributed by atoms with Crippen LogP contribution in [0.25, 0.3) is 0 Å². The molecule has 0 saturated carbocycles. The summed E-state index contributed by atoms with van der Waals surface area (Å²) in [5, 5.41) is 72.0. The van der Waals surface area contributed by atoms with Crippen LogP contribution in [0.1, 0.15) is 13.8 Å². The van der Waals surface area contributed by atoms with E-state index < -0.39 is 98.4 Å². The van der Waals surface area contributed by atoms with Gasteiger partial charge in [0, 0.05) is 26.1 Å². The average molecular weight is 529 g/mol. The smallest absolute Gasteiger partial charge is 0.187 e. The van der Waals surface area contributed by atoms with E-state index >= 15 is 0 Å². The first-order valence-electron chi connectivity index (χ1n) is 12.0. The summed E-state index contributed by atoms with van der Waals surface area (Å²) in [6.07, 6.45) is -15.8. The summed E-state index contributed by atoms with van der Waals surface area (Å²) >= 11 is 0. The molecular formula is C22H40O14. The first-order valence-corrected chi connectivity index (χ1v) is 12.0. The van der Waals surface area contributed by atoms with Gasteiger partial charge in [-0.05, 0) is 0 Å². The molecule has 0 aromatic heterocycles. The number of aliphatic hydroxyl groups excluding tert-OH is 7. The second kappa shape index (κ2) is 13.0. The first-order chi connectivity index (χ1) is 17.0. The highest BCUT2D eigenvalue weighted by Crippen LogP contribution is 2.34. The van der Waals surface area contributed by atoms with Gasteiger partial charge in [0.25, 0.3) is 0 Å². The minimum Gasteiger partial charge on any atom is -0.394 e. The minimum absolute atomic E-state index is 0.0850. The van der Waals surface area contributed by atoms with Crippen LogP contribution >= 0.6 is 0 Å². The Morgan fingerprint density at radius 2 is 1.19 bits per heavy atom. The Hall–Kier alpha value is -0.560. The van der Waals surface area contributed by atoms with E-state index in [1.807, 2.05) is 0 Å². The second-order valence-corrected chi connectivity index (χ2v) is 9.60. The molecule has 36 heavy (non-hydrogen) atoms. The van der Waals surface area contributed by atoms with Gasteiger partial charge in [-0.25, -0.2) is 0 Å². The normalized spacial score (nSPS) is 50.2. The average Bonchev–Trinajstić information content (AvgIpc) is 2.87.